The van der Waals surface area contributed by atoms with E-state index in [9.17, 15) is 14.9 Å². The lowest BCUT2D eigenvalue weighted by atomic mass is 10.1. The Balaban J connectivity index is 2.34. The Morgan fingerprint density at radius 3 is 2.58 bits per heavy atom. The lowest BCUT2D eigenvalue weighted by Gasteiger charge is -2.19. The summed E-state index contributed by atoms with van der Waals surface area (Å²) in [6.07, 6.45) is 0.115. The quantitative estimate of drug-likeness (QED) is 0.487. The summed E-state index contributed by atoms with van der Waals surface area (Å²) < 4.78 is 6.97. The molecule has 0 N–H and O–H groups in total. The Kier molecular flexibility index (Phi) is 4.73. The fourth-order valence-corrected chi connectivity index (χ4v) is 2.44. The summed E-state index contributed by atoms with van der Waals surface area (Å²) in [5.41, 5.74) is 2.27. The molecule has 0 aliphatic rings. The molecule has 2 aromatic rings. The third-order valence-electron chi connectivity index (χ3n) is 3.47. The molecule has 0 radical (unpaired) electrons. The number of ether oxygens (including phenoxy) is 1. The van der Waals surface area contributed by atoms with Crippen LogP contribution in [-0.4, -0.2) is 26.3 Å². The van der Waals surface area contributed by atoms with Crippen LogP contribution in [-0.2, 0) is 16.0 Å². The van der Waals surface area contributed by atoms with E-state index in [1.807, 2.05) is 27.7 Å². The molecule has 0 atom stereocenters. The van der Waals surface area contributed by atoms with Crippen molar-refractivity contribution in [3.05, 3.63) is 51.3 Å². The number of benzene rings is 1. The van der Waals surface area contributed by atoms with Crippen LogP contribution < -0.4 is 0 Å². The van der Waals surface area contributed by atoms with E-state index in [4.69, 9.17) is 4.74 Å². The standard InChI is InChI=1S/C17H21N3O4/c1-11-15(10-16(21)24-17(3,4)5)12(2)19(18-11)13-7-6-8-14(9-13)20(22)23/h6-9H,10H2,1-5H3. The van der Waals surface area contributed by atoms with Gasteiger partial charge in [-0.2, -0.15) is 5.10 Å². The van der Waals surface area contributed by atoms with Gasteiger partial charge < -0.3 is 4.74 Å². The second-order valence-corrected chi connectivity index (χ2v) is 6.60. The van der Waals surface area contributed by atoms with Gasteiger partial charge in [-0.15, -0.1) is 0 Å². The zero-order valence-electron chi connectivity index (χ0n) is 14.5. The highest BCUT2D eigenvalue weighted by Crippen LogP contribution is 2.22. The normalized spacial score (nSPS) is 11.4. The van der Waals surface area contributed by atoms with E-state index in [1.165, 1.54) is 12.1 Å². The minimum atomic E-state index is -0.547. The number of aryl methyl sites for hydroxylation is 1. The highest BCUT2D eigenvalue weighted by Gasteiger charge is 2.21. The molecule has 0 saturated carbocycles. The molecule has 0 unspecified atom stereocenters. The molecule has 0 amide bonds. The fraction of sp³-hybridized carbons (Fsp3) is 0.412. The van der Waals surface area contributed by atoms with Crippen LogP contribution in [0.3, 0.4) is 0 Å². The number of rotatable bonds is 4. The van der Waals surface area contributed by atoms with E-state index in [1.54, 1.807) is 23.7 Å². The number of non-ortho nitro benzene ring substituents is 1. The number of esters is 1. The van der Waals surface area contributed by atoms with Crippen molar-refractivity contribution in [1.82, 2.24) is 9.78 Å². The molecule has 0 fully saturated rings. The second kappa shape index (κ2) is 6.43. The van der Waals surface area contributed by atoms with Crippen LogP contribution in [0.2, 0.25) is 0 Å². The van der Waals surface area contributed by atoms with Crippen molar-refractivity contribution in [3.63, 3.8) is 0 Å². The minimum absolute atomic E-state index is 0.00579. The molecule has 1 aromatic heterocycles. The summed E-state index contributed by atoms with van der Waals surface area (Å²) in [5.74, 6) is -0.327. The summed E-state index contributed by atoms with van der Waals surface area (Å²) in [4.78, 5) is 22.6. The molecule has 7 nitrogen and oxygen atoms in total. The van der Waals surface area contributed by atoms with Crippen LogP contribution in [0.25, 0.3) is 5.69 Å². The number of carbonyl (C=O) groups excluding carboxylic acids is 1. The number of aromatic nitrogens is 2. The average molecular weight is 331 g/mol. The maximum absolute atomic E-state index is 12.1. The number of nitro benzene ring substituents is 1. The van der Waals surface area contributed by atoms with Crippen molar-refractivity contribution in [2.45, 2.75) is 46.6 Å². The topological polar surface area (TPSA) is 87.3 Å². The highest BCUT2D eigenvalue weighted by atomic mass is 16.6. The maximum Gasteiger partial charge on any atom is 0.310 e. The Morgan fingerprint density at radius 2 is 2.00 bits per heavy atom. The Hall–Kier alpha value is -2.70. The van der Waals surface area contributed by atoms with E-state index in [-0.39, 0.29) is 18.1 Å². The second-order valence-electron chi connectivity index (χ2n) is 6.60. The lowest BCUT2D eigenvalue weighted by Crippen LogP contribution is -2.25. The van der Waals surface area contributed by atoms with E-state index >= 15 is 0 Å². The molecule has 0 aliphatic heterocycles. The number of nitrogens with zero attached hydrogens (tertiary/aromatic N) is 3. The first-order valence-corrected chi connectivity index (χ1v) is 7.60. The Bertz CT molecular complexity index is 788. The van der Waals surface area contributed by atoms with Gasteiger partial charge in [-0.05, 0) is 40.7 Å². The molecule has 0 bridgehead atoms. The van der Waals surface area contributed by atoms with Crippen molar-refractivity contribution < 1.29 is 14.5 Å². The zero-order valence-corrected chi connectivity index (χ0v) is 14.5. The minimum Gasteiger partial charge on any atom is -0.460 e. The van der Waals surface area contributed by atoms with E-state index in [2.05, 4.69) is 5.10 Å². The third-order valence-corrected chi connectivity index (χ3v) is 3.47. The molecule has 7 heteroatoms. The molecule has 128 valence electrons. The molecular formula is C17H21N3O4. The smallest absolute Gasteiger partial charge is 0.310 e. The molecule has 1 aromatic carbocycles. The summed E-state index contributed by atoms with van der Waals surface area (Å²) in [6.45, 7) is 9.09. The summed E-state index contributed by atoms with van der Waals surface area (Å²) in [7, 11) is 0. The van der Waals surface area contributed by atoms with Gasteiger partial charge in [0.1, 0.15) is 5.60 Å². The fourth-order valence-electron chi connectivity index (χ4n) is 2.44. The first-order valence-electron chi connectivity index (χ1n) is 7.60. The van der Waals surface area contributed by atoms with Gasteiger partial charge in [0.25, 0.3) is 5.69 Å². The van der Waals surface area contributed by atoms with Gasteiger partial charge in [0, 0.05) is 23.4 Å². The largest absolute Gasteiger partial charge is 0.460 e. The molecule has 1 heterocycles. The lowest BCUT2D eigenvalue weighted by molar-refractivity contribution is -0.384. The van der Waals surface area contributed by atoms with Gasteiger partial charge in [0.05, 0.1) is 22.7 Å². The number of nitro groups is 1. The van der Waals surface area contributed by atoms with Gasteiger partial charge in [-0.25, -0.2) is 4.68 Å². The number of carbonyl (C=O) groups is 1. The van der Waals surface area contributed by atoms with Crippen molar-refractivity contribution in [1.29, 1.82) is 0 Å². The number of hydrogen-bond donors (Lipinski definition) is 0. The first kappa shape index (κ1) is 17.7. The van der Waals surface area contributed by atoms with E-state index in [0.29, 0.717) is 11.4 Å². The summed E-state index contributed by atoms with van der Waals surface area (Å²) >= 11 is 0. The van der Waals surface area contributed by atoms with Gasteiger partial charge in [0.15, 0.2) is 0 Å². The van der Waals surface area contributed by atoms with Crippen molar-refractivity contribution in [2.24, 2.45) is 0 Å². The summed E-state index contributed by atoms with van der Waals surface area (Å²) in [5, 5.41) is 15.4. The number of hydrogen-bond acceptors (Lipinski definition) is 5. The van der Waals surface area contributed by atoms with E-state index < -0.39 is 10.5 Å². The molecule has 24 heavy (non-hydrogen) atoms. The molecule has 0 saturated heterocycles. The Labute approximate surface area is 140 Å². The van der Waals surface area contributed by atoms with Crippen molar-refractivity contribution >= 4 is 11.7 Å². The van der Waals surface area contributed by atoms with E-state index in [0.717, 1.165) is 11.3 Å². The van der Waals surface area contributed by atoms with Crippen LogP contribution in [0.15, 0.2) is 24.3 Å². The predicted molar refractivity (Wildman–Crippen MR) is 89.2 cm³/mol. The Morgan fingerprint density at radius 1 is 1.33 bits per heavy atom. The van der Waals surface area contributed by atoms with Gasteiger partial charge in [-0.3, -0.25) is 14.9 Å². The molecule has 2 rings (SSSR count). The van der Waals surface area contributed by atoms with Crippen molar-refractivity contribution in [3.8, 4) is 5.69 Å². The van der Waals surface area contributed by atoms with Gasteiger partial charge >= 0.3 is 5.97 Å². The average Bonchev–Trinajstić information content (AvgIpc) is 2.73. The molecule has 0 spiro atoms. The monoisotopic (exact) mass is 331 g/mol. The first-order chi connectivity index (χ1) is 11.1. The van der Waals surface area contributed by atoms with Crippen LogP contribution in [0.4, 0.5) is 5.69 Å². The van der Waals surface area contributed by atoms with Gasteiger partial charge in [0.2, 0.25) is 0 Å². The third kappa shape index (κ3) is 3.98. The van der Waals surface area contributed by atoms with Gasteiger partial charge in [-0.1, -0.05) is 6.07 Å². The predicted octanol–water partition coefficient (Wildman–Crippen LogP) is 3.28. The zero-order chi connectivity index (χ0) is 18.1. The van der Waals surface area contributed by atoms with Crippen LogP contribution >= 0.6 is 0 Å². The van der Waals surface area contributed by atoms with Crippen molar-refractivity contribution in [2.75, 3.05) is 0 Å². The van der Waals surface area contributed by atoms with Crippen LogP contribution in [0, 0.1) is 24.0 Å². The summed E-state index contributed by atoms with van der Waals surface area (Å²) in [6, 6.07) is 6.23. The van der Waals surface area contributed by atoms with Crippen LogP contribution in [0.1, 0.15) is 37.7 Å². The highest BCUT2D eigenvalue weighted by molar-refractivity contribution is 5.73. The maximum atomic E-state index is 12.1. The SMILES string of the molecule is Cc1nn(-c2cccc([N+](=O)[O-])c2)c(C)c1CC(=O)OC(C)(C)C. The van der Waals surface area contributed by atoms with Crippen LogP contribution in [0.5, 0.6) is 0 Å². The molecular weight excluding hydrogens is 310 g/mol. The molecule has 0 aliphatic carbocycles.